The predicted octanol–water partition coefficient (Wildman–Crippen LogP) is 17.1. The number of aliphatic carboxylic acids is 1. The van der Waals surface area contributed by atoms with Crippen LogP contribution in [0.25, 0.3) is 0 Å². The smallest absolute Gasteiger partial charge is 0.324 e. The monoisotopic (exact) mass is 905 g/mol. The lowest BCUT2D eigenvalue weighted by Crippen LogP contribution is -2.49. The molecule has 65 heavy (non-hydrogen) atoms. The zero-order valence-corrected chi connectivity index (χ0v) is 44.8. The van der Waals surface area contributed by atoms with Gasteiger partial charge in [-0.05, 0) is 93.6 Å². The van der Waals surface area contributed by atoms with E-state index < -0.39 is 33.8 Å². The Morgan fingerprint density at radius 1 is 0.446 bits per heavy atom. The van der Waals surface area contributed by atoms with Crippen molar-refractivity contribution < 1.29 is 29.6 Å². The van der Waals surface area contributed by atoms with E-state index >= 15 is 4.79 Å². The third kappa shape index (κ3) is 18.2. The van der Waals surface area contributed by atoms with Crippen LogP contribution in [0.4, 0.5) is 0 Å². The van der Waals surface area contributed by atoms with Crippen LogP contribution in [0.5, 0.6) is 11.5 Å². The van der Waals surface area contributed by atoms with Crippen LogP contribution in [0.2, 0.25) is 0 Å². The molecular weight excluding hydrogens is 805 g/mol. The largest absolute Gasteiger partial charge is 0.507 e. The Kier molecular flexibility index (Phi) is 23.2. The first-order chi connectivity index (χ1) is 30.2. The summed E-state index contributed by atoms with van der Waals surface area (Å²) in [4.78, 5) is 30.4. The maximum absolute atomic E-state index is 15.9. The molecule has 0 aliphatic rings. The third-order valence-electron chi connectivity index (χ3n) is 14.0. The second-order valence-electron chi connectivity index (χ2n) is 24.3. The molecule has 0 spiro atoms. The molecule has 372 valence electrons. The highest BCUT2D eigenvalue weighted by molar-refractivity contribution is 6.00. The fourth-order valence-corrected chi connectivity index (χ4v) is 9.45. The Balaban J connectivity index is 3.01. The quantitative estimate of drug-likeness (QED) is 0.0427. The van der Waals surface area contributed by atoms with E-state index in [1.807, 2.05) is 65.8 Å². The lowest BCUT2D eigenvalue weighted by Gasteiger charge is -2.39. The second-order valence-corrected chi connectivity index (χ2v) is 24.3. The van der Waals surface area contributed by atoms with Gasteiger partial charge in [0.2, 0.25) is 0 Å². The van der Waals surface area contributed by atoms with Crippen molar-refractivity contribution in [2.75, 3.05) is 0 Å². The molecule has 0 fully saturated rings. The number of benzene rings is 2. The minimum atomic E-state index is -2.17. The SMILES string of the molecule is CCCCCCCCCC(CCCCCCCC)(CCCCCCCC)OC(=O)C(Cc1cc(C(C)(C)C)cc(C(C)(C)C)c1O)(Cc1cc(C(C)(C)C)cc(C(C)(C)C)c1O)C(=O)O. The maximum Gasteiger partial charge on any atom is 0.324 e. The highest BCUT2D eigenvalue weighted by atomic mass is 16.6. The summed E-state index contributed by atoms with van der Waals surface area (Å²) in [5, 5.41) is 36.3. The molecule has 2 rings (SSSR count). The van der Waals surface area contributed by atoms with E-state index in [4.69, 9.17) is 4.74 Å². The highest BCUT2D eigenvalue weighted by Gasteiger charge is 2.52. The van der Waals surface area contributed by atoms with Crippen molar-refractivity contribution in [1.29, 1.82) is 0 Å². The molecule has 0 aromatic heterocycles. The molecule has 0 aliphatic carbocycles. The molecule has 0 aliphatic heterocycles. The summed E-state index contributed by atoms with van der Waals surface area (Å²) < 4.78 is 7.10. The van der Waals surface area contributed by atoms with Crippen LogP contribution in [0, 0.1) is 5.41 Å². The van der Waals surface area contributed by atoms with E-state index in [1.165, 1.54) is 64.2 Å². The number of carbonyl (C=O) groups is 2. The lowest BCUT2D eigenvalue weighted by atomic mass is 9.71. The molecule has 0 unspecified atom stereocenters. The molecular formula is C59H100O6. The normalized spacial score (nSPS) is 13.1. The van der Waals surface area contributed by atoms with E-state index in [2.05, 4.69) is 62.3 Å². The van der Waals surface area contributed by atoms with Gasteiger partial charge in [0.25, 0.3) is 0 Å². The van der Waals surface area contributed by atoms with Gasteiger partial charge in [0.05, 0.1) is 0 Å². The lowest BCUT2D eigenvalue weighted by molar-refractivity contribution is -0.183. The summed E-state index contributed by atoms with van der Waals surface area (Å²) in [7, 11) is 0. The summed E-state index contributed by atoms with van der Waals surface area (Å²) in [5.74, 6) is -2.04. The molecule has 0 atom stereocenters. The van der Waals surface area contributed by atoms with Crippen molar-refractivity contribution in [3.8, 4) is 11.5 Å². The summed E-state index contributed by atoms with van der Waals surface area (Å²) in [6.07, 6.45) is 22.8. The highest BCUT2D eigenvalue weighted by Crippen LogP contribution is 2.46. The van der Waals surface area contributed by atoms with Gasteiger partial charge in [0, 0.05) is 12.8 Å². The van der Waals surface area contributed by atoms with Crippen LogP contribution in [0.3, 0.4) is 0 Å². The molecule has 0 saturated heterocycles. The van der Waals surface area contributed by atoms with Gasteiger partial charge in [-0.1, -0.05) is 231 Å². The maximum atomic E-state index is 15.9. The van der Waals surface area contributed by atoms with Crippen molar-refractivity contribution in [3.63, 3.8) is 0 Å². The zero-order valence-electron chi connectivity index (χ0n) is 44.8. The van der Waals surface area contributed by atoms with E-state index in [1.54, 1.807) is 0 Å². The number of rotatable bonds is 29. The number of carbonyl (C=O) groups excluding carboxylic acids is 1. The Hall–Kier alpha value is -3.02. The first kappa shape index (κ1) is 58.1. The molecule has 0 radical (unpaired) electrons. The number of carboxylic acid groups (broad SMARTS) is 1. The van der Waals surface area contributed by atoms with Crippen LogP contribution in [-0.2, 0) is 48.8 Å². The molecule has 3 N–H and O–H groups in total. The minimum Gasteiger partial charge on any atom is -0.507 e. The minimum absolute atomic E-state index is 0.0143. The van der Waals surface area contributed by atoms with Gasteiger partial charge in [-0.15, -0.1) is 0 Å². The van der Waals surface area contributed by atoms with Gasteiger partial charge in [0.15, 0.2) is 5.41 Å². The predicted molar refractivity (Wildman–Crippen MR) is 276 cm³/mol. The Morgan fingerprint density at radius 3 is 1.00 bits per heavy atom. The molecule has 0 heterocycles. The van der Waals surface area contributed by atoms with E-state index in [0.29, 0.717) is 41.5 Å². The summed E-state index contributed by atoms with van der Waals surface area (Å²) in [6, 6.07) is 7.87. The average molecular weight is 905 g/mol. The van der Waals surface area contributed by atoms with Crippen molar-refractivity contribution >= 4 is 11.9 Å². The fourth-order valence-electron chi connectivity index (χ4n) is 9.45. The standard InChI is InChI=1S/C59H100O6/c1-16-19-22-25-28-31-34-37-58(35-32-29-26-23-20-17-2,36-33-30-27-24-21-18-3)65-53(64)59(52(62)63,42-44-38-46(54(4,5)6)40-48(50(44)60)56(10,11)12)43-45-39-47(55(7,8)9)41-49(51(45)61)57(13,14)15/h38-41,60-61H,16-37,42-43H2,1-15H3,(H,62,63). The number of ether oxygens (including phenoxy) is 1. The van der Waals surface area contributed by atoms with Gasteiger partial charge >= 0.3 is 11.9 Å². The van der Waals surface area contributed by atoms with Crippen molar-refractivity contribution in [3.05, 3.63) is 57.6 Å². The molecule has 0 amide bonds. The molecule has 0 bridgehead atoms. The number of phenols is 2. The summed E-state index contributed by atoms with van der Waals surface area (Å²) in [5.41, 5.74) is -0.424. The third-order valence-corrected chi connectivity index (χ3v) is 14.0. The van der Waals surface area contributed by atoms with E-state index in [9.17, 15) is 20.1 Å². The molecule has 0 saturated carbocycles. The topological polar surface area (TPSA) is 104 Å². The summed E-state index contributed by atoms with van der Waals surface area (Å²) >= 11 is 0. The second kappa shape index (κ2) is 25.9. The number of aromatic hydroxyl groups is 2. The van der Waals surface area contributed by atoms with E-state index in [-0.39, 0.29) is 35.2 Å². The molecule has 6 heteroatoms. The van der Waals surface area contributed by atoms with Crippen LogP contribution in [0.15, 0.2) is 24.3 Å². The Morgan fingerprint density at radius 2 is 0.738 bits per heavy atom. The van der Waals surface area contributed by atoms with Crippen molar-refractivity contribution in [1.82, 2.24) is 0 Å². The van der Waals surface area contributed by atoms with Gasteiger partial charge < -0.3 is 20.1 Å². The number of phenolic OH excluding ortho intramolecular Hbond substituents is 2. The first-order valence-electron chi connectivity index (χ1n) is 26.4. The zero-order chi connectivity index (χ0) is 49.3. The average Bonchev–Trinajstić information content (AvgIpc) is 3.19. The fraction of sp³-hybridized carbons (Fsp3) is 0.763. The molecule has 2 aromatic carbocycles. The summed E-state index contributed by atoms with van der Waals surface area (Å²) in [6.45, 7) is 31.6. The number of esters is 1. The van der Waals surface area contributed by atoms with Crippen LogP contribution >= 0.6 is 0 Å². The van der Waals surface area contributed by atoms with Crippen LogP contribution in [0.1, 0.15) is 278 Å². The number of carboxylic acids is 1. The number of unbranched alkanes of at least 4 members (excludes halogenated alkanes) is 16. The molecule has 6 nitrogen and oxygen atoms in total. The van der Waals surface area contributed by atoms with Gasteiger partial charge in [-0.3, -0.25) is 9.59 Å². The number of hydrogen-bond acceptors (Lipinski definition) is 5. The van der Waals surface area contributed by atoms with Gasteiger partial charge in [-0.25, -0.2) is 0 Å². The van der Waals surface area contributed by atoms with Gasteiger partial charge in [0.1, 0.15) is 17.1 Å². The van der Waals surface area contributed by atoms with Crippen LogP contribution in [-0.4, -0.2) is 32.9 Å². The molecule has 2 aromatic rings. The van der Waals surface area contributed by atoms with Crippen molar-refractivity contribution in [2.24, 2.45) is 5.41 Å². The van der Waals surface area contributed by atoms with E-state index in [0.717, 1.165) is 68.9 Å². The van der Waals surface area contributed by atoms with Crippen LogP contribution < -0.4 is 0 Å². The Bertz CT molecular complexity index is 1640. The number of hydrogen-bond donors (Lipinski definition) is 3. The van der Waals surface area contributed by atoms with Crippen molar-refractivity contribution in [2.45, 2.75) is 285 Å². The first-order valence-corrected chi connectivity index (χ1v) is 26.4. The van der Waals surface area contributed by atoms with Gasteiger partial charge in [-0.2, -0.15) is 0 Å². The Labute approximate surface area is 399 Å².